The van der Waals surface area contributed by atoms with E-state index in [0.717, 1.165) is 11.8 Å². The van der Waals surface area contributed by atoms with E-state index in [9.17, 15) is 13.2 Å². The van der Waals surface area contributed by atoms with Crippen molar-refractivity contribution in [2.45, 2.75) is 5.16 Å². The summed E-state index contributed by atoms with van der Waals surface area (Å²) in [6, 6.07) is 14.0. The predicted octanol–water partition coefficient (Wildman–Crippen LogP) is 3.02. The fourth-order valence-corrected chi connectivity index (χ4v) is 3.83. The molecule has 0 aliphatic rings. The summed E-state index contributed by atoms with van der Waals surface area (Å²) in [6.45, 7) is 0.385. The molecule has 0 bridgehead atoms. The van der Waals surface area contributed by atoms with Crippen molar-refractivity contribution >= 4 is 45.0 Å². The number of benzene rings is 2. The number of nitrogens with zero attached hydrogens (tertiary/aromatic N) is 2. The molecule has 2 aromatic carbocycles. The number of anilines is 1. The number of halogens is 1. The van der Waals surface area contributed by atoms with Crippen molar-refractivity contribution in [2.24, 2.45) is 0 Å². The van der Waals surface area contributed by atoms with Crippen LogP contribution in [0.3, 0.4) is 0 Å². The van der Waals surface area contributed by atoms with E-state index in [1.54, 1.807) is 0 Å². The van der Waals surface area contributed by atoms with Crippen LogP contribution in [0, 0.1) is 0 Å². The van der Waals surface area contributed by atoms with Gasteiger partial charge >= 0.3 is 0 Å². The molecule has 1 heterocycles. The molecule has 0 fully saturated rings. The Morgan fingerprint density at radius 2 is 1.97 bits per heavy atom. The zero-order chi connectivity index (χ0) is 20.9. The molecule has 0 saturated carbocycles. The van der Waals surface area contributed by atoms with Crippen LogP contribution in [0.1, 0.15) is 10.4 Å². The number of nitrogens with one attached hydrogen (secondary N) is 3. The van der Waals surface area contributed by atoms with Gasteiger partial charge in [0.1, 0.15) is 0 Å². The van der Waals surface area contributed by atoms with Gasteiger partial charge in [0.25, 0.3) is 5.91 Å². The molecule has 8 nitrogen and oxygen atoms in total. The number of amides is 1. The summed E-state index contributed by atoms with van der Waals surface area (Å²) in [6.07, 6.45) is 1.01. The Balaban J connectivity index is 1.52. The van der Waals surface area contributed by atoms with Crippen molar-refractivity contribution < 1.29 is 13.2 Å². The molecule has 11 heteroatoms. The Hall–Kier alpha value is -2.56. The van der Waals surface area contributed by atoms with Crippen molar-refractivity contribution in [3.63, 3.8) is 0 Å². The van der Waals surface area contributed by atoms with Gasteiger partial charge in [-0.05, 0) is 18.2 Å². The highest BCUT2D eigenvalue weighted by Gasteiger charge is 2.12. The second kappa shape index (κ2) is 9.29. The van der Waals surface area contributed by atoms with Crippen LogP contribution in [0.15, 0.2) is 53.7 Å². The van der Waals surface area contributed by atoms with E-state index in [-0.39, 0.29) is 16.6 Å². The third kappa shape index (κ3) is 6.21. The molecule has 1 amide bonds. The molecule has 0 radical (unpaired) electrons. The SMILES string of the molecule is CS(=O)(=O)Nc1cc(C(=O)NCCSc2n[nH]c(-c3ccccc3)n2)ccc1Cl. The van der Waals surface area contributed by atoms with Gasteiger partial charge in [0.15, 0.2) is 5.82 Å². The largest absolute Gasteiger partial charge is 0.351 e. The van der Waals surface area contributed by atoms with E-state index in [2.05, 4.69) is 25.2 Å². The number of H-pyrrole nitrogens is 1. The highest BCUT2D eigenvalue weighted by Crippen LogP contribution is 2.24. The molecule has 0 saturated heterocycles. The Morgan fingerprint density at radius 1 is 1.21 bits per heavy atom. The Labute approximate surface area is 177 Å². The second-order valence-corrected chi connectivity index (χ2v) is 9.22. The molecule has 0 aliphatic heterocycles. The van der Waals surface area contributed by atoms with E-state index < -0.39 is 10.0 Å². The van der Waals surface area contributed by atoms with E-state index in [1.807, 2.05) is 30.3 Å². The molecule has 152 valence electrons. The lowest BCUT2D eigenvalue weighted by atomic mass is 10.2. The fourth-order valence-electron chi connectivity index (χ4n) is 2.39. The molecular formula is C18H18ClN5O3S2. The molecule has 1 aromatic heterocycles. The first-order valence-electron chi connectivity index (χ1n) is 8.48. The number of carbonyl (C=O) groups is 1. The van der Waals surface area contributed by atoms with Crippen molar-refractivity contribution in [3.05, 3.63) is 59.1 Å². The van der Waals surface area contributed by atoms with Gasteiger partial charge in [-0.25, -0.2) is 13.4 Å². The lowest BCUT2D eigenvalue weighted by Gasteiger charge is -2.09. The minimum absolute atomic E-state index is 0.158. The maximum Gasteiger partial charge on any atom is 0.251 e. The zero-order valence-corrected chi connectivity index (χ0v) is 17.7. The third-order valence-corrected chi connectivity index (χ3v) is 5.42. The molecule has 0 spiro atoms. The van der Waals surface area contributed by atoms with Crippen molar-refractivity contribution in [2.75, 3.05) is 23.3 Å². The zero-order valence-electron chi connectivity index (χ0n) is 15.3. The molecule has 3 rings (SSSR count). The summed E-state index contributed by atoms with van der Waals surface area (Å²) in [5, 5.41) is 10.6. The maximum atomic E-state index is 12.3. The minimum Gasteiger partial charge on any atom is -0.351 e. The first kappa shape index (κ1) is 21.2. The molecule has 0 unspecified atom stereocenters. The van der Waals surface area contributed by atoms with Gasteiger partial charge in [-0.3, -0.25) is 14.6 Å². The minimum atomic E-state index is -3.50. The van der Waals surface area contributed by atoms with Gasteiger partial charge in [-0.1, -0.05) is 53.7 Å². The van der Waals surface area contributed by atoms with Gasteiger partial charge < -0.3 is 5.32 Å². The summed E-state index contributed by atoms with van der Waals surface area (Å²) in [4.78, 5) is 16.7. The summed E-state index contributed by atoms with van der Waals surface area (Å²) >= 11 is 7.37. The molecule has 3 aromatic rings. The highest BCUT2D eigenvalue weighted by molar-refractivity contribution is 7.99. The number of sulfonamides is 1. The van der Waals surface area contributed by atoms with E-state index in [0.29, 0.717) is 28.8 Å². The molecular weight excluding hydrogens is 434 g/mol. The number of hydrogen-bond donors (Lipinski definition) is 3. The predicted molar refractivity (Wildman–Crippen MR) is 115 cm³/mol. The highest BCUT2D eigenvalue weighted by atomic mass is 35.5. The van der Waals surface area contributed by atoms with Gasteiger partial charge in [0.05, 0.1) is 17.0 Å². The average molecular weight is 452 g/mol. The lowest BCUT2D eigenvalue weighted by molar-refractivity contribution is 0.0956. The van der Waals surface area contributed by atoms with Crippen LogP contribution in [0.25, 0.3) is 11.4 Å². The van der Waals surface area contributed by atoms with Crippen LogP contribution in [-0.2, 0) is 10.0 Å². The third-order valence-electron chi connectivity index (χ3n) is 3.65. The molecule has 0 aliphatic carbocycles. The normalized spacial score (nSPS) is 11.2. The quantitative estimate of drug-likeness (QED) is 0.358. The van der Waals surface area contributed by atoms with Crippen LogP contribution in [0.2, 0.25) is 5.02 Å². The van der Waals surface area contributed by atoms with E-state index in [1.165, 1.54) is 30.0 Å². The smallest absolute Gasteiger partial charge is 0.251 e. The Bertz CT molecular complexity index is 1100. The molecule has 3 N–H and O–H groups in total. The Kier molecular flexibility index (Phi) is 6.78. The summed E-state index contributed by atoms with van der Waals surface area (Å²) in [5.41, 5.74) is 1.40. The summed E-state index contributed by atoms with van der Waals surface area (Å²) in [5.74, 6) is 0.919. The molecule has 0 atom stereocenters. The van der Waals surface area contributed by atoms with Crippen LogP contribution in [-0.4, -0.2) is 48.1 Å². The number of thioether (sulfide) groups is 1. The number of rotatable bonds is 8. The topological polar surface area (TPSA) is 117 Å². The van der Waals surface area contributed by atoms with Crippen molar-refractivity contribution in [1.82, 2.24) is 20.5 Å². The Morgan fingerprint density at radius 3 is 2.69 bits per heavy atom. The van der Waals surface area contributed by atoms with Crippen LogP contribution >= 0.6 is 23.4 Å². The number of aromatic amines is 1. The van der Waals surface area contributed by atoms with E-state index >= 15 is 0 Å². The van der Waals surface area contributed by atoms with Gasteiger partial charge in [-0.15, -0.1) is 5.10 Å². The molecule has 29 heavy (non-hydrogen) atoms. The van der Waals surface area contributed by atoms with Gasteiger partial charge in [0.2, 0.25) is 15.2 Å². The standard InChI is InChI=1S/C18H18ClN5O3S2/c1-29(26,27)24-15-11-13(7-8-14(15)19)17(25)20-9-10-28-18-21-16(22-23-18)12-5-3-2-4-6-12/h2-8,11,24H,9-10H2,1H3,(H,20,25)(H,21,22,23). The summed E-state index contributed by atoms with van der Waals surface area (Å²) in [7, 11) is -3.50. The fraction of sp³-hybridized carbons (Fsp3) is 0.167. The van der Waals surface area contributed by atoms with Crippen molar-refractivity contribution in [3.8, 4) is 11.4 Å². The van der Waals surface area contributed by atoms with Crippen LogP contribution in [0.4, 0.5) is 5.69 Å². The monoisotopic (exact) mass is 451 g/mol. The van der Waals surface area contributed by atoms with Crippen LogP contribution in [0.5, 0.6) is 0 Å². The first-order chi connectivity index (χ1) is 13.8. The lowest BCUT2D eigenvalue weighted by Crippen LogP contribution is -2.26. The van der Waals surface area contributed by atoms with Crippen LogP contribution < -0.4 is 10.0 Å². The van der Waals surface area contributed by atoms with Crippen molar-refractivity contribution in [1.29, 1.82) is 0 Å². The second-order valence-electron chi connectivity index (χ2n) is 6.01. The van der Waals surface area contributed by atoms with Gasteiger partial charge in [0, 0.05) is 23.4 Å². The summed E-state index contributed by atoms with van der Waals surface area (Å²) < 4.78 is 25.1. The maximum absolute atomic E-state index is 12.3. The van der Waals surface area contributed by atoms with Gasteiger partial charge in [-0.2, -0.15) is 0 Å². The number of carbonyl (C=O) groups excluding carboxylic acids is 1. The number of aromatic nitrogens is 3. The van der Waals surface area contributed by atoms with E-state index in [4.69, 9.17) is 11.6 Å². The number of hydrogen-bond acceptors (Lipinski definition) is 6. The average Bonchev–Trinajstić information content (AvgIpc) is 3.15. The first-order valence-corrected chi connectivity index (χ1v) is 11.7.